The smallest absolute Gasteiger partial charge is 0.340 e. The molecular formula is C15H21FN2O3. The molecule has 0 aliphatic carbocycles. The van der Waals surface area contributed by atoms with E-state index in [0.29, 0.717) is 18.7 Å². The highest BCUT2D eigenvalue weighted by atomic mass is 19.1. The Bertz CT molecular complexity index is 506. The third-order valence-corrected chi connectivity index (χ3v) is 3.05. The summed E-state index contributed by atoms with van der Waals surface area (Å²) in [6.07, 6.45) is 1.92. The fourth-order valence-corrected chi connectivity index (χ4v) is 2.01. The zero-order valence-electron chi connectivity index (χ0n) is 12.4. The molecule has 0 aliphatic heterocycles. The number of carbonyl (C=O) groups is 2. The first-order chi connectivity index (χ1) is 9.97. The zero-order chi connectivity index (χ0) is 15.8. The summed E-state index contributed by atoms with van der Waals surface area (Å²) in [4.78, 5) is 24.2. The van der Waals surface area contributed by atoms with Crippen molar-refractivity contribution in [2.45, 2.75) is 26.3 Å². The summed E-state index contributed by atoms with van der Waals surface area (Å²) >= 11 is 0. The number of carbonyl (C=O) groups excluding carboxylic acids is 2. The summed E-state index contributed by atoms with van der Waals surface area (Å²) in [5.74, 6) is -1.76. The summed E-state index contributed by atoms with van der Waals surface area (Å²) in [5.41, 5.74) is 5.79. The van der Waals surface area contributed by atoms with E-state index < -0.39 is 17.7 Å². The third kappa shape index (κ3) is 5.51. The lowest BCUT2D eigenvalue weighted by atomic mass is 10.1. The van der Waals surface area contributed by atoms with Crippen LogP contribution in [0.5, 0.6) is 0 Å². The number of esters is 1. The molecule has 5 nitrogen and oxygen atoms in total. The third-order valence-electron chi connectivity index (χ3n) is 3.05. The molecule has 6 heteroatoms. The molecule has 116 valence electrons. The van der Waals surface area contributed by atoms with Crippen LogP contribution in [0.3, 0.4) is 0 Å². The van der Waals surface area contributed by atoms with Gasteiger partial charge in [0.05, 0.1) is 19.2 Å². The van der Waals surface area contributed by atoms with Gasteiger partial charge in [0.1, 0.15) is 5.82 Å². The predicted octanol–water partition coefficient (Wildman–Crippen LogP) is 1.70. The van der Waals surface area contributed by atoms with E-state index in [-0.39, 0.29) is 12.1 Å². The molecule has 0 fully saturated rings. The fourth-order valence-electron chi connectivity index (χ4n) is 2.01. The lowest BCUT2D eigenvalue weighted by Gasteiger charge is -2.20. The molecule has 0 aliphatic rings. The van der Waals surface area contributed by atoms with E-state index in [1.165, 1.54) is 19.2 Å². The van der Waals surface area contributed by atoms with E-state index in [9.17, 15) is 14.0 Å². The molecule has 1 aromatic rings. The van der Waals surface area contributed by atoms with Crippen molar-refractivity contribution >= 4 is 11.9 Å². The van der Waals surface area contributed by atoms with Crippen molar-refractivity contribution in [3.8, 4) is 0 Å². The first kappa shape index (κ1) is 17.1. The minimum absolute atomic E-state index is 0.101. The van der Waals surface area contributed by atoms with Gasteiger partial charge < -0.3 is 10.5 Å². The first-order valence-corrected chi connectivity index (χ1v) is 6.85. The number of methoxy groups -OCH3 is 1. The van der Waals surface area contributed by atoms with Crippen LogP contribution < -0.4 is 5.73 Å². The minimum atomic E-state index is -0.709. The largest absolute Gasteiger partial charge is 0.465 e. The second kappa shape index (κ2) is 8.36. The average Bonchev–Trinajstić information content (AvgIpc) is 2.43. The van der Waals surface area contributed by atoms with E-state index in [1.807, 2.05) is 11.8 Å². The van der Waals surface area contributed by atoms with Gasteiger partial charge in [-0.05, 0) is 30.7 Å². The molecule has 0 saturated carbocycles. The number of halogens is 1. The van der Waals surface area contributed by atoms with Crippen LogP contribution in [0.4, 0.5) is 4.39 Å². The van der Waals surface area contributed by atoms with E-state index in [4.69, 9.17) is 5.73 Å². The molecule has 1 aromatic carbocycles. The van der Waals surface area contributed by atoms with Crippen molar-refractivity contribution in [2.24, 2.45) is 5.73 Å². The number of benzene rings is 1. The van der Waals surface area contributed by atoms with Crippen LogP contribution in [0.25, 0.3) is 0 Å². The quantitative estimate of drug-likeness (QED) is 0.741. The molecular weight excluding hydrogens is 275 g/mol. The van der Waals surface area contributed by atoms with Gasteiger partial charge >= 0.3 is 5.97 Å². The SMILES string of the molecule is CCCCN(CC(N)=O)Cc1ccc(C(=O)OC)c(F)c1. The van der Waals surface area contributed by atoms with E-state index in [2.05, 4.69) is 4.74 Å². The summed E-state index contributed by atoms with van der Waals surface area (Å²) in [7, 11) is 1.20. The van der Waals surface area contributed by atoms with Gasteiger partial charge in [-0.3, -0.25) is 9.69 Å². The highest BCUT2D eigenvalue weighted by Crippen LogP contribution is 2.14. The Morgan fingerprint density at radius 1 is 1.38 bits per heavy atom. The van der Waals surface area contributed by atoms with Crippen LogP contribution in [0, 0.1) is 5.82 Å². The van der Waals surface area contributed by atoms with E-state index in [1.54, 1.807) is 6.07 Å². The van der Waals surface area contributed by atoms with Crippen molar-refractivity contribution < 1.29 is 18.7 Å². The minimum Gasteiger partial charge on any atom is -0.465 e. The van der Waals surface area contributed by atoms with Gasteiger partial charge in [0.25, 0.3) is 0 Å². The number of primary amides is 1. The van der Waals surface area contributed by atoms with Crippen LogP contribution >= 0.6 is 0 Å². The topological polar surface area (TPSA) is 72.6 Å². The first-order valence-electron chi connectivity index (χ1n) is 6.85. The molecule has 0 bridgehead atoms. The average molecular weight is 296 g/mol. The number of nitrogens with zero attached hydrogens (tertiary/aromatic N) is 1. The van der Waals surface area contributed by atoms with Gasteiger partial charge in [0.15, 0.2) is 0 Å². The standard InChI is InChI=1S/C15H21FN2O3/c1-3-4-7-18(10-14(17)19)9-11-5-6-12(13(16)8-11)15(20)21-2/h5-6,8H,3-4,7,9-10H2,1-2H3,(H2,17,19). The Hall–Kier alpha value is -1.95. The normalized spacial score (nSPS) is 10.7. The van der Waals surface area contributed by atoms with Crippen LogP contribution in [-0.4, -0.2) is 37.0 Å². The molecule has 0 atom stereocenters. The Morgan fingerprint density at radius 2 is 2.10 bits per heavy atom. The number of hydrogen-bond acceptors (Lipinski definition) is 4. The summed E-state index contributed by atoms with van der Waals surface area (Å²) in [5, 5.41) is 0. The molecule has 1 rings (SSSR count). The van der Waals surface area contributed by atoms with Crippen molar-refractivity contribution in [2.75, 3.05) is 20.2 Å². The molecule has 0 unspecified atom stereocenters. The van der Waals surface area contributed by atoms with Crippen LogP contribution in [0.2, 0.25) is 0 Å². The number of nitrogens with two attached hydrogens (primary N) is 1. The highest BCUT2D eigenvalue weighted by Gasteiger charge is 2.14. The van der Waals surface area contributed by atoms with E-state index >= 15 is 0 Å². The van der Waals surface area contributed by atoms with Gasteiger partial charge in [-0.25, -0.2) is 9.18 Å². The Kier molecular flexibility index (Phi) is 6.81. The Morgan fingerprint density at radius 3 is 2.62 bits per heavy atom. The van der Waals surface area contributed by atoms with E-state index in [0.717, 1.165) is 12.8 Å². The Balaban J connectivity index is 2.81. The maximum Gasteiger partial charge on any atom is 0.340 e. The molecule has 0 heterocycles. The van der Waals surface area contributed by atoms with Crippen LogP contribution in [0.1, 0.15) is 35.7 Å². The highest BCUT2D eigenvalue weighted by molar-refractivity contribution is 5.89. The molecule has 1 amide bonds. The predicted molar refractivity (Wildman–Crippen MR) is 77.1 cm³/mol. The molecule has 0 aromatic heterocycles. The fraction of sp³-hybridized carbons (Fsp3) is 0.467. The van der Waals surface area contributed by atoms with Gasteiger partial charge in [-0.2, -0.15) is 0 Å². The molecule has 0 saturated heterocycles. The molecule has 0 radical (unpaired) electrons. The summed E-state index contributed by atoms with van der Waals surface area (Å²) in [6.45, 7) is 3.29. The van der Waals surface area contributed by atoms with Crippen LogP contribution in [-0.2, 0) is 16.1 Å². The lowest BCUT2D eigenvalue weighted by Crippen LogP contribution is -2.34. The number of rotatable bonds is 8. The van der Waals surface area contributed by atoms with Crippen LogP contribution in [0.15, 0.2) is 18.2 Å². The second-order valence-corrected chi connectivity index (χ2v) is 4.84. The van der Waals surface area contributed by atoms with Crippen molar-refractivity contribution in [3.05, 3.63) is 35.1 Å². The Labute approximate surface area is 123 Å². The monoisotopic (exact) mass is 296 g/mol. The van der Waals surface area contributed by atoms with Crippen molar-refractivity contribution in [1.82, 2.24) is 4.90 Å². The number of ether oxygens (including phenoxy) is 1. The number of unbranched alkanes of at least 4 members (excludes halogenated alkanes) is 1. The van der Waals surface area contributed by atoms with Gasteiger partial charge in [0, 0.05) is 6.54 Å². The maximum absolute atomic E-state index is 13.8. The van der Waals surface area contributed by atoms with Gasteiger partial charge in [-0.1, -0.05) is 19.4 Å². The molecule has 21 heavy (non-hydrogen) atoms. The van der Waals surface area contributed by atoms with Gasteiger partial charge in [0.2, 0.25) is 5.91 Å². The molecule has 0 spiro atoms. The van der Waals surface area contributed by atoms with Gasteiger partial charge in [-0.15, -0.1) is 0 Å². The number of amides is 1. The maximum atomic E-state index is 13.8. The second-order valence-electron chi connectivity index (χ2n) is 4.84. The molecule has 2 N–H and O–H groups in total. The van der Waals surface area contributed by atoms with Crippen molar-refractivity contribution in [1.29, 1.82) is 0 Å². The summed E-state index contributed by atoms with van der Waals surface area (Å²) < 4.78 is 18.3. The number of hydrogen-bond donors (Lipinski definition) is 1. The van der Waals surface area contributed by atoms with Crippen molar-refractivity contribution in [3.63, 3.8) is 0 Å². The zero-order valence-corrected chi connectivity index (χ0v) is 12.4. The summed E-state index contributed by atoms with van der Waals surface area (Å²) in [6, 6.07) is 4.32. The lowest BCUT2D eigenvalue weighted by molar-refractivity contribution is -0.119.